The fourth-order valence-corrected chi connectivity index (χ4v) is 3.30. The van der Waals surface area contributed by atoms with Crippen molar-refractivity contribution < 1.29 is 9.90 Å². The van der Waals surface area contributed by atoms with Gasteiger partial charge in [-0.25, -0.2) is 9.97 Å². The van der Waals surface area contributed by atoms with Gasteiger partial charge in [-0.1, -0.05) is 23.7 Å². The molecule has 2 heterocycles. The smallest absolute Gasteiger partial charge is 0.256 e. The van der Waals surface area contributed by atoms with Crippen molar-refractivity contribution in [1.82, 2.24) is 14.9 Å². The van der Waals surface area contributed by atoms with Crippen molar-refractivity contribution in [2.75, 3.05) is 13.1 Å². The number of aliphatic hydroxyl groups excluding tert-OH is 1. The van der Waals surface area contributed by atoms with Crippen molar-refractivity contribution in [3.05, 3.63) is 58.6 Å². The predicted octanol–water partition coefficient (Wildman–Crippen LogP) is 2.88. The molecule has 0 unspecified atom stereocenters. The average molecular weight is 346 g/mol. The van der Waals surface area contributed by atoms with E-state index in [-0.39, 0.29) is 5.91 Å². The lowest BCUT2D eigenvalue weighted by molar-refractivity contribution is -0.141. The third-order valence-corrected chi connectivity index (χ3v) is 4.80. The average Bonchev–Trinajstić information content (AvgIpc) is 2.62. The maximum atomic E-state index is 12.5. The molecule has 1 N–H and O–H groups in total. The zero-order valence-electron chi connectivity index (χ0n) is 13.5. The lowest BCUT2D eigenvalue weighted by Gasteiger charge is -2.33. The number of halogens is 1. The minimum atomic E-state index is -1.14. The van der Waals surface area contributed by atoms with Gasteiger partial charge in [0, 0.05) is 35.9 Å². The van der Waals surface area contributed by atoms with E-state index in [4.69, 9.17) is 11.6 Å². The number of aromatic nitrogens is 2. The Labute approximate surface area is 146 Å². The molecule has 0 saturated carbocycles. The van der Waals surface area contributed by atoms with Crippen LogP contribution in [0.5, 0.6) is 0 Å². The van der Waals surface area contributed by atoms with E-state index in [1.165, 1.54) is 0 Å². The van der Waals surface area contributed by atoms with Gasteiger partial charge >= 0.3 is 0 Å². The molecule has 1 aliphatic heterocycles. The van der Waals surface area contributed by atoms with E-state index in [0.717, 1.165) is 24.1 Å². The summed E-state index contributed by atoms with van der Waals surface area (Å²) >= 11 is 5.84. The van der Waals surface area contributed by atoms with Crippen molar-refractivity contribution in [2.45, 2.75) is 31.8 Å². The maximum Gasteiger partial charge on any atom is 0.256 e. The summed E-state index contributed by atoms with van der Waals surface area (Å²) in [4.78, 5) is 22.7. The van der Waals surface area contributed by atoms with Crippen LogP contribution < -0.4 is 0 Å². The largest absolute Gasteiger partial charge is 0.378 e. The van der Waals surface area contributed by atoms with E-state index in [1.807, 2.05) is 13.1 Å². The second-order valence-corrected chi connectivity index (χ2v) is 6.58. The minimum absolute atomic E-state index is 0.254. The number of benzene rings is 1. The molecule has 5 nitrogen and oxygen atoms in total. The van der Waals surface area contributed by atoms with E-state index in [0.29, 0.717) is 29.6 Å². The van der Waals surface area contributed by atoms with E-state index in [1.54, 1.807) is 35.5 Å². The van der Waals surface area contributed by atoms with Crippen LogP contribution in [0.15, 0.2) is 36.8 Å². The topological polar surface area (TPSA) is 66.3 Å². The summed E-state index contributed by atoms with van der Waals surface area (Å²) in [6.45, 7) is 3.26. The number of amides is 1. The lowest BCUT2D eigenvalue weighted by atomic mass is 9.91. The number of hydrogen-bond donors (Lipinski definition) is 1. The Hall–Kier alpha value is -1.98. The first-order chi connectivity index (χ1) is 11.6. The molecule has 3 rings (SSSR count). The Bertz CT molecular complexity index is 712. The molecule has 0 bridgehead atoms. The highest BCUT2D eigenvalue weighted by Crippen LogP contribution is 2.29. The van der Waals surface area contributed by atoms with Crippen molar-refractivity contribution >= 4 is 17.5 Å². The van der Waals surface area contributed by atoms with Gasteiger partial charge in [-0.2, -0.15) is 0 Å². The van der Waals surface area contributed by atoms with Crippen LogP contribution in [0.1, 0.15) is 41.7 Å². The number of likely N-dealkylation sites (tertiary alicyclic amines) is 1. The summed E-state index contributed by atoms with van der Waals surface area (Å²) in [5, 5.41) is 10.9. The molecule has 0 spiro atoms. The highest BCUT2D eigenvalue weighted by molar-refractivity contribution is 6.30. The van der Waals surface area contributed by atoms with E-state index < -0.39 is 6.10 Å². The first-order valence-corrected chi connectivity index (χ1v) is 8.43. The SMILES string of the molecule is Cc1cncnc1C1CCN(C(=O)[C@H](O)c2ccc(Cl)cc2)CC1. The molecule has 1 aromatic carbocycles. The molecule has 1 saturated heterocycles. The number of carbonyl (C=O) groups excluding carboxylic acids is 1. The zero-order valence-corrected chi connectivity index (χ0v) is 14.3. The second kappa shape index (κ2) is 7.28. The van der Waals surface area contributed by atoms with E-state index in [2.05, 4.69) is 9.97 Å². The Balaban J connectivity index is 1.63. The summed E-state index contributed by atoms with van der Waals surface area (Å²) in [5.74, 6) is 0.0832. The number of rotatable bonds is 3. The van der Waals surface area contributed by atoms with Gasteiger partial charge in [0.15, 0.2) is 6.10 Å². The van der Waals surface area contributed by atoms with Crippen LogP contribution in [0, 0.1) is 6.92 Å². The number of aryl methyl sites for hydroxylation is 1. The summed E-state index contributed by atoms with van der Waals surface area (Å²) < 4.78 is 0. The van der Waals surface area contributed by atoms with Crippen molar-refractivity contribution in [1.29, 1.82) is 0 Å². The normalized spacial score (nSPS) is 16.9. The van der Waals surface area contributed by atoms with Gasteiger partial charge in [-0.05, 0) is 43.0 Å². The van der Waals surface area contributed by atoms with Crippen molar-refractivity contribution in [3.63, 3.8) is 0 Å². The second-order valence-electron chi connectivity index (χ2n) is 6.14. The monoisotopic (exact) mass is 345 g/mol. The maximum absolute atomic E-state index is 12.5. The Morgan fingerprint density at radius 3 is 2.58 bits per heavy atom. The lowest BCUT2D eigenvalue weighted by Crippen LogP contribution is -2.40. The third kappa shape index (κ3) is 3.57. The molecule has 6 heteroatoms. The van der Waals surface area contributed by atoms with Gasteiger partial charge in [-0.3, -0.25) is 4.79 Å². The first kappa shape index (κ1) is 16.9. The molecule has 126 valence electrons. The van der Waals surface area contributed by atoms with Crippen LogP contribution in [-0.4, -0.2) is 39.0 Å². The van der Waals surface area contributed by atoms with Crippen LogP contribution in [0.25, 0.3) is 0 Å². The van der Waals surface area contributed by atoms with Crippen LogP contribution >= 0.6 is 11.6 Å². The molecule has 1 amide bonds. The third-order valence-electron chi connectivity index (χ3n) is 4.55. The molecule has 2 aromatic rings. The fraction of sp³-hybridized carbons (Fsp3) is 0.389. The Morgan fingerprint density at radius 1 is 1.29 bits per heavy atom. The highest BCUT2D eigenvalue weighted by Gasteiger charge is 2.29. The quantitative estimate of drug-likeness (QED) is 0.928. The number of nitrogens with zero attached hydrogens (tertiary/aromatic N) is 3. The van der Waals surface area contributed by atoms with Gasteiger partial charge in [0.2, 0.25) is 0 Å². The molecule has 1 aliphatic rings. The summed E-state index contributed by atoms with van der Waals surface area (Å²) in [6, 6.07) is 6.72. The molecule has 0 radical (unpaired) electrons. The van der Waals surface area contributed by atoms with E-state index in [9.17, 15) is 9.90 Å². The van der Waals surface area contributed by atoms with E-state index >= 15 is 0 Å². The van der Waals surface area contributed by atoms with Gasteiger partial charge in [0.25, 0.3) is 5.91 Å². The van der Waals surface area contributed by atoms with Crippen LogP contribution in [0.3, 0.4) is 0 Å². The number of aliphatic hydroxyl groups is 1. The highest BCUT2D eigenvalue weighted by atomic mass is 35.5. The summed E-state index contributed by atoms with van der Waals surface area (Å²) in [7, 11) is 0. The minimum Gasteiger partial charge on any atom is -0.378 e. The van der Waals surface area contributed by atoms with Gasteiger partial charge < -0.3 is 10.0 Å². The van der Waals surface area contributed by atoms with Crippen molar-refractivity contribution in [2.24, 2.45) is 0 Å². The summed E-state index contributed by atoms with van der Waals surface area (Å²) in [5.41, 5.74) is 2.72. The van der Waals surface area contributed by atoms with Crippen LogP contribution in [0.4, 0.5) is 0 Å². The Morgan fingerprint density at radius 2 is 1.96 bits per heavy atom. The number of piperidine rings is 1. The van der Waals surface area contributed by atoms with Crippen LogP contribution in [0.2, 0.25) is 5.02 Å². The van der Waals surface area contributed by atoms with Gasteiger partial charge in [0.1, 0.15) is 6.33 Å². The number of hydrogen-bond acceptors (Lipinski definition) is 4. The van der Waals surface area contributed by atoms with Gasteiger partial charge in [-0.15, -0.1) is 0 Å². The first-order valence-electron chi connectivity index (χ1n) is 8.05. The van der Waals surface area contributed by atoms with Crippen molar-refractivity contribution in [3.8, 4) is 0 Å². The van der Waals surface area contributed by atoms with Gasteiger partial charge in [0.05, 0.1) is 0 Å². The molecule has 1 fully saturated rings. The predicted molar refractivity (Wildman–Crippen MR) is 91.7 cm³/mol. The molecular weight excluding hydrogens is 326 g/mol. The molecular formula is C18H20ClN3O2. The Kier molecular flexibility index (Phi) is 5.11. The molecule has 0 aliphatic carbocycles. The fourth-order valence-electron chi connectivity index (χ4n) is 3.17. The summed E-state index contributed by atoms with van der Waals surface area (Å²) in [6.07, 6.45) is 3.95. The van der Waals surface area contributed by atoms with Crippen LogP contribution in [-0.2, 0) is 4.79 Å². The zero-order chi connectivity index (χ0) is 17.1. The number of carbonyl (C=O) groups is 1. The molecule has 1 aromatic heterocycles. The molecule has 24 heavy (non-hydrogen) atoms. The standard InChI is InChI=1S/C18H20ClN3O2/c1-12-10-20-11-21-16(12)13-6-8-22(9-7-13)18(24)17(23)14-2-4-15(19)5-3-14/h2-5,10-11,13,17,23H,6-9H2,1H3/t17-/m1/s1. The molecule has 1 atom stereocenters.